The van der Waals surface area contributed by atoms with Crippen LogP contribution in [0.2, 0.25) is 0 Å². The molecule has 2 atom stereocenters. The van der Waals surface area contributed by atoms with Crippen LogP contribution in [0.25, 0.3) is 10.9 Å². The summed E-state index contributed by atoms with van der Waals surface area (Å²) in [6, 6.07) is 20.9. The van der Waals surface area contributed by atoms with Crippen molar-refractivity contribution in [1.29, 1.82) is 0 Å². The average molecular weight is 520 g/mol. The first-order chi connectivity index (χ1) is 17.8. The van der Waals surface area contributed by atoms with E-state index in [4.69, 9.17) is 4.74 Å². The standard InChI is InChI=1S/C28H29N3O5S/c1-19-12-14-22(15-13-19)37(34,35)31-25(16-20-8-4-3-5-9-20)27(32)30-26(28(33)36-2)17-21-18-29-24-11-7-6-10-23(21)24/h3-15,18,25-26,29,31H,16-17H2,1-2H3,(H,30,32)/t25-,26+/m0/s1. The van der Waals surface area contributed by atoms with Crippen LogP contribution in [0.4, 0.5) is 0 Å². The highest BCUT2D eigenvalue weighted by Crippen LogP contribution is 2.20. The normalized spacial score (nSPS) is 13.1. The van der Waals surface area contributed by atoms with Gasteiger partial charge in [-0.05, 0) is 42.7 Å². The predicted molar refractivity (Wildman–Crippen MR) is 141 cm³/mol. The van der Waals surface area contributed by atoms with Gasteiger partial charge in [-0.25, -0.2) is 13.2 Å². The third-order valence-electron chi connectivity index (χ3n) is 6.13. The predicted octanol–water partition coefficient (Wildman–Crippen LogP) is 3.27. The van der Waals surface area contributed by atoms with E-state index in [1.807, 2.05) is 61.5 Å². The van der Waals surface area contributed by atoms with Crippen molar-refractivity contribution in [3.05, 3.63) is 102 Å². The molecule has 4 rings (SSSR count). The Morgan fingerprint density at radius 3 is 2.27 bits per heavy atom. The van der Waals surface area contributed by atoms with E-state index in [-0.39, 0.29) is 17.7 Å². The number of fused-ring (bicyclic) bond motifs is 1. The number of carbonyl (C=O) groups is 2. The molecule has 0 aliphatic heterocycles. The Morgan fingerprint density at radius 2 is 1.57 bits per heavy atom. The van der Waals surface area contributed by atoms with Crippen molar-refractivity contribution in [3.8, 4) is 0 Å². The topological polar surface area (TPSA) is 117 Å². The minimum Gasteiger partial charge on any atom is -0.467 e. The number of hydrogen-bond donors (Lipinski definition) is 3. The zero-order valence-electron chi connectivity index (χ0n) is 20.6. The van der Waals surface area contributed by atoms with Crippen LogP contribution < -0.4 is 10.0 Å². The maximum Gasteiger partial charge on any atom is 0.328 e. The van der Waals surface area contributed by atoms with E-state index < -0.39 is 34.0 Å². The van der Waals surface area contributed by atoms with Crippen LogP contribution in [0.1, 0.15) is 16.7 Å². The molecule has 1 aromatic heterocycles. The van der Waals surface area contributed by atoms with E-state index in [1.54, 1.807) is 18.3 Å². The number of sulfonamides is 1. The Labute approximate surface area is 216 Å². The summed E-state index contributed by atoms with van der Waals surface area (Å²) in [5, 5.41) is 3.64. The van der Waals surface area contributed by atoms with Gasteiger partial charge >= 0.3 is 5.97 Å². The van der Waals surface area contributed by atoms with Crippen molar-refractivity contribution in [1.82, 2.24) is 15.0 Å². The first-order valence-corrected chi connectivity index (χ1v) is 13.3. The Hall–Kier alpha value is -3.95. The van der Waals surface area contributed by atoms with Crippen molar-refractivity contribution >= 4 is 32.8 Å². The Morgan fingerprint density at radius 1 is 0.892 bits per heavy atom. The molecule has 0 aliphatic rings. The summed E-state index contributed by atoms with van der Waals surface area (Å²) < 4.78 is 33.8. The molecule has 3 N–H and O–H groups in total. The van der Waals surface area contributed by atoms with Gasteiger partial charge < -0.3 is 15.0 Å². The van der Waals surface area contributed by atoms with Crippen LogP contribution in [-0.4, -0.2) is 44.5 Å². The fraction of sp³-hybridized carbons (Fsp3) is 0.214. The number of nitrogens with one attached hydrogen (secondary N) is 3. The average Bonchev–Trinajstić information content (AvgIpc) is 3.31. The van der Waals surface area contributed by atoms with Gasteiger partial charge in [0.1, 0.15) is 12.1 Å². The van der Waals surface area contributed by atoms with Gasteiger partial charge in [0.15, 0.2) is 0 Å². The van der Waals surface area contributed by atoms with Gasteiger partial charge in [-0.3, -0.25) is 4.79 Å². The lowest BCUT2D eigenvalue weighted by atomic mass is 10.0. The summed E-state index contributed by atoms with van der Waals surface area (Å²) in [6.07, 6.45) is 2.05. The molecule has 1 heterocycles. The molecule has 0 saturated heterocycles. The van der Waals surface area contributed by atoms with Crippen LogP contribution in [0.3, 0.4) is 0 Å². The van der Waals surface area contributed by atoms with E-state index in [0.29, 0.717) is 0 Å². The smallest absolute Gasteiger partial charge is 0.328 e. The maximum atomic E-state index is 13.5. The third-order valence-corrected chi connectivity index (χ3v) is 7.62. The SMILES string of the molecule is COC(=O)[C@@H](Cc1c[nH]c2ccccc12)NC(=O)[C@H](Cc1ccccc1)NS(=O)(=O)c1ccc(C)cc1. The fourth-order valence-electron chi connectivity index (χ4n) is 4.14. The monoisotopic (exact) mass is 519 g/mol. The summed E-state index contributed by atoms with van der Waals surface area (Å²) in [4.78, 5) is 29.3. The highest BCUT2D eigenvalue weighted by Gasteiger charge is 2.30. The molecule has 0 fully saturated rings. The van der Waals surface area contributed by atoms with E-state index in [0.717, 1.165) is 27.6 Å². The number of esters is 1. The van der Waals surface area contributed by atoms with E-state index >= 15 is 0 Å². The highest BCUT2D eigenvalue weighted by atomic mass is 32.2. The van der Waals surface area contributed by atoms with Gasteiger partial charge in [0.2, 0.25) is 15.9 Å². The minimum atomic E-state index is -4.01. The van der Waals surface area contributed by atoms with Gasteiger partial charge in [0.25, 0.3) is 0 Å². The Bertz CT molecular complexity index is 1480. The molecule has 0 radical (unpaired) electrons. The largest absolute Gasteiger partial charge is 0.467 e. The fourth-order valence-corrected chi connectivity index (χ4v) is 5.33. The lowest BCUT2D eigenvalue weighted by Gasteiger charge is -2.22. The maximum absolute atomic E-state index is 13.5. The molecule has 1 amide bonds. The summed E-state index contributed by atoms with van der Waals surface area (Å²) in [5.74, 6) is -1.26. The molecule has 3 aromatic carbocycles. The Kier molecular flexibility index (Phi) is 8.05. The van der Waals surface area contributed by atoms with E-state index in [2.05, 4.69) is 15.0 Å². The lowest BCUT2D eigenvalue weighted by Crippen LogP contribution is -2.53. The molecular formula is C28H29N3O5S. The number of carbonyl (C=O) groups excluding carboxylic acids is 2. The number of benzene rings is 3. The second-order valence-corrected chi connectivity index (χ2v) is 10.5. The molecule has 8 nitrogen and oxygen atoms in total. The van der Waals surface area contributed by atoms with Crippen LogP contribution in [0, 0.1) is 6.92 Å². The zero-order chi connectivity index (χ0) is 26.4. The summed E-state index contributed by atoms with van der Waals surface area (Å²) in [7, 11) is -2.77. The van der Waals surface area contributed by atoms with Crippen molar-refractivity contribution in [2.24, 2.45) is 0 Å². The lowest BCUT2D eigenvalue weighted by molar-refractivity contribution is -0.145. The first kappa shape index (κ1) is 26.1. The summed E-state index contributed by atoms with van der Waals surface area (Å²) in [5.41, 5.74) is 3.41. The quantitative estimate of drug-likeness (QED) is 0.278. The second kappa shape index (κ2) is 11.4. The van der Waals surface area contributed by atoms with Crippen LogP contribution in [0.15, 0.2) is 90.0 Å². The molecule has 0 aliphatic carbocycles. The zero-order valence-corrected chi connectivity index (χ0v) is 21.4. The van der Waals surface area contributed by atoms with Crippen LogP contribution >= 0.6 is 0 Å². The van der Waals surface area contributed by atoms with Crippen molar-refractivity contribution in [2.45, 2.75) is 36.7 Å². The molecule has 9 heteroatoms. The number of para-hydroxylation sites is 1. The van der Waals surface area contributed by atoms with Crippen LogP contribution in [0.5, 0.6) is 0 Å². The Balaban J connectivity index is 1.60. The number of amides is 1. The molecule has 192 valence electrons. The molecule has 37 heavy (non-hydrogen) atoms. The number of aryl methyl sites for hydroxylation is 1. The number of rotatable bonds is 10. The van der Waals surface area contributed by atoms with Crippen molar-refractivity contribution in [3.63, 3.8) is 0 Å². The first-order valence-electron chi connectivity index (χ1n) is 11.8. The number of H-pyrrole nitrogens is 1. The molecule has 4 aromatic rings. The van der Waals surface area contributed by atoms with Gasteiger partial charge in [-0.2, -0.15) is 4.72 Å². The van der Waals surface area contributed by atoms with E-state index in [1.165, 1.54) is 19.2 Å². The number of hydrogen-bond acceptors (Lipinski definition) is 5. The number of aromatic nitrogens is 1. The molecule has 0 spiro atoms. The summed E-state index contributed by atoms with van der Waals surface area (Å²) >= 11 is 0. The number of aromatic amines is 1. The van der Waals surface area contributed by atoms with Crippen LogP contribution in [-0.2, 0) is 37.2 Å². The molecule has 0 saturated carbocycles. The summed E-state index contributed by atoms with van der Waals surface area (Å²) in [6.45, 7) is 1.86. The third kappa shape index (κ3) is 6.44. The van der Waals surface area contributed by atoms with Gasteiger partial charge in [0, 0.05) is 23.5 Å². The number of methoxy groups -OCH3 is 1. The van der Waals surface area contributed by atoms with Crippen molar-refractivity contribution < 1.29 is 22.7 Å². The minimum absolute atomic E-state index is 0.0484. The van der Waals surface area contributed by atoms with E-state index in [9.17, 15) is 18.0 Å². The number of ether oxygens (including phenoxy) is 1. The molecule has 0 bridgehead atoms. The van der Waals surface area contributed by atoms with Gasteiger partial charge in [-0.1, -0.05) is 66.2 Å². The van der Waals surface area contributed by atoms with Gasteiger partial charge in [0.05, 0.1) is 12.0 Å². The molecular weight excluding hydrogens is 490 g/mol. The van der Waals surface area contributed by atoms with Crippen molar-refractivity contribution in [2.75, 3.05) is 7.11 Å². The second-order valence-electron chi connectivity index (χ2n) is 8.82. The highest BCUT2D eigenvalue weighted by molar-refractivity contribution is 7.89. The van der Waals surface area contributed by atoms with Gasteiger partial charge in [-0.15, -0.1) is 0 Å². The molecule has 0 unspecified atom stereocenters.